The Hall–Kier alpha value is -4.62. The molecule has 4 rings (SSSR count). The molecular weight excluding hydrogens is 556 g/mol. The van der Waals surface area contributed by atoms with E-state index in [1.165, 1.54) is 43.5 Å². The van der Waals surface area contributed by atoms with Crippen LogP contribution in [-0.4, -0.2) is 24.5 Å². The van der Waals surface area contributed by atoms with E-state index in [0.717, 1.165) is 11.8 Å². The second-order valence-electron chi connectivity index (χ2n) is 8.52. The van der Waals surface area contributed by atoms with Crippen LogP contribution in [0.5, 0.6) is 11.5 Å². The van der Waals surface area contributed by atoms with Gasteiger partial charge in [0.05, 0.1) is 12.7 Å². The fourth-order valence-corrected chi connectivity index (χ4v) is 4.95. The van der Waals surface area contributed by atoms with Crippen molar-refractivity contribution in [3.05, 3.63) is 113 Å². The average molecular weight is 579 g/mol. The molecule has 0 amide bonds. The summed E-state index contributed by atoms with van der Waals surface area (Å²) in [6.45, 7) is -3.01. The molecule has 41 heavy (non-hydrogen) atoms. The zero-order valence-corrected chi connectivity index (χ0v) is 22.4. The maximum atomic E-state index is 13.7. The molecule has 0 bridgehead atoms. The number of hydrogen-bond donors (Lipinski definition) is 0. The molecular formula is C31H22F4N2O3S. The first-order chi connectivity index (χ1) is 19.8. The summed E-state index contributed by atoms with van der Waals surface area (Å²) in [5, 5.41) is 10.1. The third-order valence-electron chi connectivity index (χ3n) is 5.87. The van der Waals surface area contributed by atoms with E-state index in [4.69, 9.17) is 4.74 Å². The van der Waals surface area contributed by atoms with E-state index in [9.17, 15) is 27.6 Å². The number of allylic oxidation sites excluding steroid dienone is 1. The van der Waals surface area contributed by atoms with Gasteiger partial charge in [-0.05, 0) is 47.5 Å². The van der Waals surface area contributed by atoms with Crippen molar-refractivity contribution in [2.75, 3.05) is 7.11 Å². The number of halogens is 4. The Morgan fingerprint density at radius 1 is 1.02 bits per heavy atom. The highest BCUT2D eigenvalue weighted by Gasteiger charge is 2.20. The maximum absolute atomic E-state index is 13.7. The summed E-state index contributed by atoms with van der Waals surface area (Å²) in [6, 6.07) is 22.8. The molecule has 0 fully saturated rings. The van der Waals surface area contributed by atoms with E-state index in [2.05, 4.69) is 15.8 Å². The van der Waals surface area contributed by atoms with Gasteiger partial charge in [-0.3, -0.25) is 4.79 Å². The average Bonchev–Trinajstić information content (AvgIpc) is 2.98. The Bertz CT molecular complexity index is 1610. The summed E-state index contributed by atoms with van der Waals surface area (Å²) in [4.78, 5) is 16.7. The normalized spacial score (nSPS) is 11.2. The number of nitriles is 1. The van der Waals surface area contributed by atoms with Gasteiger partial charge in [-0.15, -0.1) is 11.8 Å². The van der Waals surface area contributed by atoms with Crippen LogP contribution in [0.1, 0.15) is 39.2 Å². The summed E-state index contributed by atoms with van der Waals surface area (Å²) < 4.78 is 62.2. The molecule has 0 saturated carbocycles. The largest absolute Gasteiger partial charge is 0.496 e. The Labute approximate surface area is 238 Å². The molecule has 0 spiro atoms. The first kappa shape index (κ1) is 29.4. The summed E-state index contributed by atoms with van der Waals surface area (Å²) in [5.41, 5.74) is 2.22. The van der Waals surface area contributed by atoms with Crippen LogP contribution in [0.3, 0.4) is 0 Å². The van der Waals surface area contributed by atoms with Gasteiger partial charge in [-0.1, -0.05) is 54.6 Å². The molecule has 10 heteroatoms. The Morgan fingerprint density at radius 3 is 2.49 bits per heavy atom. The van der Waals surface area contributed by atoms with Crippen LogP contribution in [0.25, 0.3) is 17.2 Å². The predicted octanol–water partition coefficient (Wildman–Crippen LogP) is 8.36. The summed E-state index contributed by atoms with van der Waals surface area (Å²) in [5.74, 6) is 0.204. The van der Waals surface area contributed by atoms with E-state index in [1.54, 1.807) is 54.6 Å². The minimum absolute atomic E-state index is 0.125. The Kier molecular flexibility index (Phi) is 9.77. The number of aromatic nitrogens is 1. The van der Waals surface area contributed by atoms with Gasteiger partial charge in [-0.25, -0.2) is 13.8 Å². The monoisotopic (exact) mass is 578 g/mol. The first-order valence-electron chi connectivity index (χ1n) is 12.1. The molecule has 0 N–H and O–H groups in total. The quantitative estimate of drug-likeness (QED) is 0.0771. The Balaban J connectivity index is 1.59. The fourth-order valence-electron chi connectivity index (χ4n) is 3.97. The zero-order valence-electron chi connectivity index (χ0n) is 21.6. The molecule has 5 nitrogen and oxygen atoms in total. The molecule has 1 heterocycles. The molecule has 0 unspecified atom stereocenters. The number of rotatable bonds is 11. The molecule has 0 saturated heterocycles. The van der Waals surface area contributed by atoms with E-state index < -0.39 is 24.5 Å². The van der Waals surface area contributed by atoms with E-state index in [-0.39, 0.29) is 27.7 Å². The van der Waals surface area contributed by atoms with Gasteiger partial charge < -0.3 is 9.47 Å². The number of carbonyl (C=O) groups is 1. The minimum atomic E-state index is -3.01. The lowest BCUT2D eigenvalue weighted by Crippen LogP contribution is -2.03. The minimum Gasteiger partial charge on any atom is -0.496 e. The highest BCUT2D eigenvalue weighted by atomic mass is 32.2. The smallest absolute Gasteiger partial charge is 0.387 e. The Morgan fingerprint density at radius 2 is 1.80 bits per heavy atom. The summed E-state index contributed by atoms with van der Waals surface area (Å²) in [7, 11) is 1.49. The van der Waals surface area contributed by atoms with Gasteiger partial charge in [0.25, 0.3) is 6.43 Å². The third-order valence-corrected chi connectivity index (χ3v) is 6.89. The number of ketones is 1. The number of pyridine rings is 1. The summed E-state index contributed by atoms with van der Waals surface area (Å²) >= 11 is 1.12. The van der Waals surface area contributed by atoms with Gasteiger partial charge in [0.2, 0.25) is 0 Å². The van der Waals surface area contributed by atoms with Crippen molar-refractivity contribution >= 4 is 23.6 Å². The van der Waals surface area contributed by atoms with E-state index in [0.29, 0.717) is 28.0 Å². The van der Waals surface area contributed by atoms with Crippen molar-refractivity contribution in [3.8, 4) is 28.7 Å². The topological polar surface area (TPSA) is 72.2 Å². The van der Waals surface area contributed by atoms with Crippen LogP contribution in [0.2, 0.25) is 0 Å². The number of alkyl halides is 4. The number of nitrogens with zero attached hydrogens (tertiary/aromatic N) is 2. The van der Waals surface area contributed by atoms with Crippen LogP contribution in [0.15, 0.2) is 90.0 Å². The second-order valence-corrected chi connectivity index (χ2v) is 9.48. The molecule has 0 aliphatic rings. The second kappa shape index (κ2) is 13.6. The van der Waals surface area contributed by atoms with Crippen molar-refractivity contribution in [2.45, 2.75) is 23.8 Å². The zero-order chi connectivity index (χ0) is 29.4. The van der Waals surface area contributed by atoms with Crippen molar-refractivity contribution in [3.63, 3.8) is 0 Å². The van der Waals surface area contributed by atoms with Crippen LogP contribution >= 0.6 is 11.8 Å². The molecule has 0 aliphatic carbocycles. The lowest BCUT2D eigenvalue weighted by atomic mass is 10.0. The molecule has 0 atom stereocenters. The lowest BCUT2D eigenvalue weighted by molar-refractivity contribution is -0.0498. The third kappa shape index (κ3) is 7.52. The maximum Gasteiger partial charge on any atom is 0.387 e. The molecule has 4 aromatic rings. The van der Waals surface area contributed by atoms with Gasteiger partial charge in [0, 0.05) is 22.4 Å². The van der Waals surface area contributed by atoms with Crippen LogP contribution in [0.4, 0.5) is 17.6 Å². The SMILES string of the molecule is COc1ccc(/C=C/C(=O)c2cccc(OC(F)F)c2)cc1CSc1nc(C(F)F)cc(-c2ccccc2)c1C#N. The van der Waals surface area contributed by atoms with Crippen molar-refractivity contribution in [1.82, 2.24) is 4.98 Å². The highest BCUT2D eigenvalue weighted by molar-refractivity contribution is 7.98. The predicted molar refractivity (Wildman–Crippen MR) is 148 cm³/mol. The highest BCUT2D eigenvalue weighted by Crippen LogP contribution is 2.36. The summed E-state index contributed by atoms with van der Waals surface area (Å²) in [6.07, 6.45) is 0.0292. The van der Waals surface area contributed by atoms with Gasteiger partial charge in [0.15, 0.2) is 5.78 Å². The first-order valence-corrected chi connectivity index (χ1v) is 13.1. The number of ether oxygens (including phenoxy) is 2. The number of carbonyl (C=O) groups excluding carboxylic acids is 1. The number of benzene rings is 3. The van der Waals surface area contributed by atoms with Gasteiger partial charge >= 0.3 is 6.61 Å². The van der Waals surface area contributed by atoms with Crippen molar-refractivity contribution in [1.29, 1.82) is 5.26 Å². The lowest BCUT2D eigenvalue weighted by Gasteiger charge is -2.13. The standard InChI is InChI=1S/C31H22F4N2O3S/c1-39-28-13-11-19(10-12-27(38)21-8-5-9-23(15-21)40-31(34)35)14-22(28)18-41-30-25(17-36)24(16-26(37-30)29(32)33)20-6-3-2-4-7-20/h2-16,29,31H,18H2,1H3/b12-10+. The van der Waals surface area contributed by atoms with Crippen molar-refractivity contribution in [2.24, 2.45) is 0 Å². The molecule has 3 aromatic carbocycles. The van der Waals surface area contributed by atoms with Crippen LogP contribution in [-0.2, 0) is 5.75 Å². The molecule has 0 radical (unpaired) electrons. The number of thioether (sulfide) groups is 1. The van der Waals surface area contributed by atoms with E-state index >= 15 is 0 Å². The number of hydrogen-bond acceptors (Lipinski definition) is 6. The fraction of sp³-hybridized carbons (Fsp3) is 0.129. The van der Waals surface area contributed by atoms with Crippen LogP contribution < -0.4 is 9.47 Å². The number of methoxy groups -OCH3 is 1. The van der Waals surface area contributed by atoms with E-state index in [1.807, 2.05) is 0 Å². The molecule has 208 valence electrons. The molecule has 0 aliphatic heterocycles. The van der Waals surface area contributed by atoms with Crippen LogP contribution in [0, 0.1) is 11.3 Å². The van der Waals surface area contributed by atoms with Gasteiger partial charge in [-0.2, -0.15) is 14.0 Å². The van der Waals surface area contributed by atoms with Crippen molar-refractivity contribution < 1.29 is 31.8 Å². The van der Waals surface area contributed by atoms with Gasteiger partial charge in [0.1, 0.15) is 28.3 Å². The molecule has 1 aromatic heterocycles.